The van der Waals surface area contributed by atoms with Gasteiger partial charge in [-0.1, -0.05) is 19.8 Å². The Kier molecular flexibility index (Phi) is 6.90. The Balaban J connectivity index is 2.29. The van der Waals surface area contributed by atoms with Gasteiger partial charge in [-0.3, -0.25) is 4.79 Å². The molecule has 1 amide bonds. The number of carbonyl (C=O) groups excluding carboxylic acids is 1. The van der Waals surface area contributed by atoms with Crippen LogP contribution in [0, 0.1) is 17.2 Å². The minimum atomic E-state index is -0.358. The lowest BCUT2D eigenvalue weighted by molar-refractivity contribution is -0.118. The van der Waals surface area contributed by atoms with E-state index in [4.69, 9.17) is 14.2 Å². The SMILES string of the molecule is COc1cc(OC)c(OC)cc1/C=C(\C#N)C(=O)N[C@H]1CCCC[C@@H]1C. The Hall–Kier alpha value is -2.68. The highest BCUT2D eigenvalue weighted by atomic mass is 16.5. The predicted molar refractivity (Wildman–Crippen MR) is 99.3 cm³/mol. The fraction of sp³-hybridized carbons (Fsp3) is 0.500. The van der Waals surface area contributed by atoms with Crippen LogP contribution in [0.3, 0.4) is 0 Å². The summed E-state index contributed by atoms with van der Waals surface area (Å²) in [4.78, 5) is 12.6. The molecular formula is C20H26N2O4. The van der Waals surface area contributed by atoms with E-state index in [1.54, 1.807) is 12.1 Å². The molecule has 0 saturated heterocycles. The van der Waals surface area contributed by atoms with Crippen LogP contribution in [-0.2, 0) is 4.79 Å². The zero-order valence-electron chi connectivity index (χ0n) is 15.8. The lowest BCUT2D eigenvalue weighted by Crippen LogP contribution is -2.41. The molecule has 0 heterocycles. The molecule has 1 aliphatic rings. The molecule has 0 aromatic heterocycles. The van der Waals surface area contributed by atoms with Crippen molar-refractivity contribution in [1.82, 2.24) is 5.32 Å². The second-order valence-electron chi connectivity index (χ2n) is 6.46. The summed E-state index contributed by atoms with van der Waals surface area (Å²) in [7, 11) is 4.58. The van der Waals surface area contributed by atoms with Crippen LogP contribution in [0.4, 0.5) is 0 Å². The molecule has 1 aromatic carbocycles. The van der Waals surface area contributed by atoms with Gasteiger partial charge in [-0.25, -0.2) is 0 Å². The van der Waals surface area contributed by atoms with Gasteiger partial charge in [0.2, 0.25) is 0 Å². The standard InChI is InChI=1S/C20H26N2O4/c1-13-7-5-6-8-16(13)22-20(23)15(12-21)9-14-10-18(25-3)19(26-4)11-17(14)24-2/h9-11,13,16H,5-8H2,1-4H3,(H,22,23)/b15-9+/t13-,16-/m0/s1. The van der Waals surface area contributed by atoms with Crippen LogP contribution < -0.4 is 19.5 Å². The molecular weight excluding hydrogens is 332 g/mol. The number of ether oxygens (including phenoxy) is 3. The molecule has 0 bridgehead atoms. The van der Waals surface area contributed by atoms with Gasteiger partial charge in [0.25, 0.3) is 5.91 Å². The number of amides is 1. The Labute approximate surface area is 154 Å². The number of nitrogens with zero attached hydrogens (tertiary/aromatic N) is 1. The van der Waals surface area contributed by atoms with Gasteiger partial charge >= 0.3 is 0 Å². The van der Waals surface area contributed by atoms with Crippen molar-refractivity contribution >= 4 is 12.0 Å². The molecule has 26 heavy (non-hydrogen) atoms. The van der Waals surface area contributed by atoms with Crippen molar-refractivity contribution in [3.05, 3.63) is 23.3 Å². The zero-order chi connectivity index (χ0) is 19.1. The summed E-state index contributed by atoms with van der Waals surface area (Å²) in [5.41, 5.74) is 0.613. The summed E-state index contributed by atoms with van der Waals surface area (Å²) in [6.07, 6.45) is 5.86. The van der Waals surface area contributed by atoms with Gasteiger partial charge in [0, 0.05) is 17.7 Å². The third-order valence-corrected chi connectivity index (χ3v) is 4.83. The summed E-state index contributed by atoms with van der Waals surface area (Å²) in [6.45, 7) is 2.14. The Morgan fingerprint density at radius 2 is 1.73 bits per heavy atom. The van der Waals surface area contributed by atoms with Crippen molar-refractivity contribution in [3.8, 4) is 23.3 Å². The molecule has 0 spiro atoms. The van der Waals surface area contributed by atoms with Crippen LogP contribution in [0.5, 0.6) is 17.2 Å². The maximum absolute atomic E-state index is 12.6. The molecule has 140 valence electrons. The number of methoxy groups -OCH3 is 3. The molecule has 1 N–H and O–H groups in total. The molecule has 0 unspecified atom stereocenters. The molecule has 1 aliphatic carbocycles. The smallest absolute Gasteiger partial charge is 0.262 e. The number of hydrogen-bond donors (Lipinski definition) is 1. The maximum atomic E-state index is 12.6. The van der Waals surface area contributed by atoms with Crippen LogP contribution in [0.2, 0.25) is 0 Å². The quantitative estimate of drug-likeness (QED) is 0.623. The average Bonchev–Trinajstić information content (AvgIpc) is 2.66. The lowest BCUT2D eigenvalue weighted by atomic mass is 9.86. The van der Waals surface area contributed by atoms with Gasteiger partial charge < -0.3 is 19.5 Å². The van der Waals surface area contributed by atoms with Crippen molar-refractivity contribution in [2.45, 2.75) is 38.6 Å². The van der Waals surface area contributed by atoms with E-state index in [2.05, 4.69) is 12.2 Å². The number of carbonyl (C=O) groups is 1. The van der Waals surface area contributed by atoms with Gasteiger partial charge in [0.05, 0.1) is 21.3 Å². The number of hydrogen-bond acceptors (Lipinski definition) is 5. The number of nitrogens with one attached hydrogen (secondary N) is 1. The average molecular weight is 358 g/mol. The third-order valence-electron chi connectivity index (χ3n) is 4.83. The first kappa shape index (κ1) is 19.6. The first-order chi connectivity index (χ1) is 12.5. The van der Waals surface area contributed by atoms with Crippen molar-refractivity contribution in [1.29, 1.82) is 5.26 Å². The molecule has 1 saturated carbocycles. The summed E-state index contributed by atoms with van der Waals surface area (Å²) in [5, 5.41) is 12.5. The Morgan fingerprint density at radius 1 is 1.12 bits per heavy atom. The normalized spacial score (nSPS) is 20.0. The highest BCUT2D eigenvalue weighted by Gasteiger charge is 2.24. The van der Waals surface area contributed by atoms with Crippen molar-refractivity contribution in [2.75, 3.05) is 21.3 Å². The first-order valence-corrected chi connectivity index (χ1v) is 8.76. The van der Waals surface area contributed by atoms with Crippen LogP contribution in [0.15, 0.2) is 17.7 Å². The predicted octanol–water partition coefficient (Wildman–Crippen LogP) is 3.31. The lowest BCUT2D eigenvalue weighted by Gasteiger charge is -2.29. The molecule has 0 aliphatic heterocycles. The molecule has 6 heteroatoms. The van der Waals surface area contributed by atoms with Crippen LogP contribution in [-0.4, -0.2) is 33.3 Å². The van der Waals surface area contributed by atoms with Gasteiger partial charge in [0.15, 0.2) is 11.5 Å². The largest absolute Gasteiger partial charge is 0.496 e. The van der Waals surface area contributed by atoms with Gasteiger partial charge in [-0.15, -0.1) is 0 Å². The number of rotatable bonds is 6. The summed E-state index contributed by atoms with van der Waals surface area (Å²) >= 11 is 0. The highest BCUT2D eigenvalue weighted by molar-refractivity contribution is 6.02. The monoisotopic (exact) mass is 358 g/mol. The molecule has 1 aromatic rings. The molecule has 1 fully saturated rings. The second-order valence-corrected chi connectivity index (χ2v) is 6.46. The van der Waals surface area contributed by atoms with Crippen LogP contribution >= 0.6 is 0 Å². The van der Waals surface area contributed by atoms with E-state index >= 15 is 0 Å². The first-order valence-electron chi connectivity index (χ1n) is 8.76. The van der Waals surface area contributed by atoms with Crippen molar-refractivity contribution in [3.63, 3.8) is 0 Å². The molecule has 6 nitrogen and oxygen atoms in total. The highest BCUT2D eigenvalue weighted by Crippen LogP contribution is 2.35. The van der Waals surface area contributed by atoms with Crippen molar-refractivity contribution < 1.29 is 19.0 Å². The number of benzene rings is 1. The fourth-order valence-corrected chi connectivity index (χ4v) is 3.25. The second kappa shape index (κ2) is 9.14. The topological polar surface area (TPSA) is 80.6 Å². The minimum Gasteiger partial charge on any atom is -0.496 e. The maximum Gasteiger partial charge on any atom is 0.262 e. The van der Waals surface area contributed by atoms with Crippen LogP contribution in [0.1, 0.15) is 38.2 Å². The van der Waals surface area contributed by atoms with E-state index in [1.807, 2.05) is 6.07 Å². The van der Waals surface area contributed by atoms with E-state index in [1.165, 1.54) is 33.8 Å². The zero-order valence-corrected chi connectivity index (χ0v) is 15.8. The van der Waals surface area contributed by atoms with Gasteiger partial charge in [-0.2, -0.15) is 5.26 Å². The van der Waals surface area contributed by atoms with E-state index in [9.17, 15) is 10.1 Å². The van der Waals surface area contributed by atoms with E-state index in [0.29, 0.717) is 28.7 Å². The van der Waals surface area contributed by atoms with Gasteiger partial charge in [0.1, 0.15) is 17.4 Å². The summed E-state index contributed by atoms with van der Waals surface area (Å²) < 4.78 is 15.9. The molecule has 2 atom stereocenters. The van der Waals surface area contributed by atoms with E-state index in [-0.39, 0.29) is 17.5 Å². The van der Waals surface area contributed by atoms with Gasteiger partial charge in [-0.05, 0) is 30.9 Å². The fourth-order valence-electron chi connectivity index (χ4n) is 3.25. The van der Waals surface area contributed by atoms with Crippen molar-refractivity contribution in [2.24, 2.45) is 5.92 Å². The minimum absolute atomic E-state index is 0.0355. The number of nitriles is 1. The van der Waals surface area contributed by atoms with Crippen LogP contribution in [0.25, 0.3) is 6.08 Å². The Bertz CT molecular complexity index is 721. The van der Waals surface area contributed by atoms with E-state index < -0.39 is 0 Å². The Morgan fingerprint density at radius 3 is 2.31 bits per heavy atom. The van der Waals surface area contributed by atoms with E-state index in [0.717, 1.165) is 19.3 Å². The summed E-state index contributed by atoms with van der Waals surface area (Å²) in [6, 6.07) is 5.46. The molecule has 2 rings (SSSR count). The summed E-state index contributed by atoms with van der Waals surface area (Å²) in [5.74, 6) is 1.57. The molecule has 0 radical (unpaired) electrons. The third kappa shape index (κ3) is 4.48.